The minimum atomic E-state index is -0.398. The fraction of sp³-hybridized carbons (Fsp3) is 0.362. The molecule has 2 aliphatic heterocycles. The number of anilines is 1. The highest BCUT2D eigenvalue weighted by atomic mass is 19.1. The first-order chi connectivity index (χ1) is 28.8. The first-order valence-corrected chi connectivity index (χ1v) is 20.9. The summed E-state index contributed by atoms with van der Waals surface area (Å²) in [4.78, 5) is 35.8. The van der Waals surface area contributed by atoms with Gasteiger partial charge in [-0.2, -0.15) is 5.10 Å². The van der Waals surface area contributed by atoms with Gasteiger partial charge in [0.2, 0.25) is 0 Å². The molecule has 11 nitrogen and oxygen atoms in total. The Kier molecular flexibility index (Phi) is 12.3. The summed E-state index contributed by atoms with van der Waals surface area (Å²) in [7, 11) is 0. The molecule has 8 rings (SSSR count). The minimum absolute atomic E-state index is 0.149. The third-order valence-electron chi connectivity index (χ3n) is 11.6. The molecule has 306 valence electrons. The highest BCUT2D eigenvalue weighted by molar-refractivity contribution is 6.10. The number of aryl methyl sites for hydroxylation is 2. The van der Waals surface area contributed by atoms with Gasteiger partial charge in [0.15, 0.2) is 5.65 Å². The molecule has 6 aromatic rings. The van der Waals surface area contributed by atoms with Gasteiger partial charge in [0, 0.05) is 87.9 Å². The number of hydrogen-bond donors (Lipinski definition) is 4. The summed E-state index contributed by atoms with van der Waals surface area (Å²) in [5, 5.41) is 20.6. The number of fused-ring (bicyclic) bond motifs is 2. The predicted molar refractivity (Wildman–Crippen MR) is 231 cm³/mol. The molecule has 1 atom stereocenters. The first kappa shape index (κ1) is 40.1. The van der Waals surface area contributed by atoms with Gasteiger partial charge < -0.3 is 26.0 Å². The van der Waals surface area contributed by atoms with E-state index in [0.29, 0.717) is 37.8 Å². The first-order valence-electron chi connectivity index (χ1n) is 20.9. The Morgan fingerprint density at radius 3 is 2.36 bits per heavy atom. The SMILES string of the molecule is CCc1nc2c(cnn2CC)c(NC2CCOCC2)c1CNC(=O)c1cc2ccccc2cc1C(=O)NCc1ccc(F)c(-c2cccc(CN3CCN[C@@H](C)C3)c2)c1. The average molecular weight is 797 g/mol. The van der Waals surface area contributed by atoms with Crippen molar-refractivity contribution in [2.45, 2.75) is 78.3 Å². The molecule has 0 spiro atoms. The highest BCUT2D eigenvalue weighted by Crippen LogP contribution is 2.32. The molecule has 2 amide bonds. The van der Waals surface area contributed by atoms with Crippen molar-refractivity contribution in [3.8, 4) is 11.1 Å². The highest BCUT2D eigenvalue weighted by Gasteiger charge is 2.24. The number of pyridine rings is 1. The zero-order chi connectivity index (χ0) is 40.9. The molecule has 4 aromatic carbocycles. The van der Waals surface area contributed by atoms with Crippen LogP contribution in [0.25, 0.3) is 32.9 Å². The predicted octanol–water partition coefficient (Wildman–Crippen LogP) is 7.22. The largest absolute Gasteiger partial charge is 0.381 e. The second-order valence-electron chi connectivity index (χ2n) is 15.7. The molecule has 2 fully saturated rings. The number of nitrogens with zero attached hydrogens (tertiary/aromatic N) is 4. The molecule has 2 aliphatic rings. The maximum atomic E-state index is 15.4. The Hall–Kier alpha value is -5.69. The number of benzene rings is 4. The average Bonchev–Trinajstić information content (AvgIpc) is 3.68. The third-order valence-corrected chi connectivity index (χ3v) is 11.6. The van der Waals surface area contributed by atoms with Crippen molar-refractivity contribution in [2.75, 3.05) is 38.2 Å². The lowest BCUT2D eigenvalue weighted by atomic mass is 9.98. The molecule has 0 bridgehead atoms. The molecule has 12 heteroatoms. The van der Waals surface area contributed by atoms with Crippen LogP contribution in [-0.2, 0) is 37.3 Å². The van der Waals surface area contributed by atoms with Crippen LogP contribution < -0.4 is 21.3 Å². The number of piperazine rings is 1. The van der Waals surface area contributed by atoms with E-state index < -0.39 is 5.91 Å². The van der Waals surface area contributed by atoms with Crippen LogP contribution in [0.3, 0.4) is 0 Å². The molecule has 4 N–H and O–H groups in total. The van der Waals surface area contributed by atoms with Crippen molar-refractivity contribution in [2.24, 2.45) is 0 Å². The van der Waals surface area contributed by atoms with E-state index in [1.807, 2.05) is 60.3 Å². The van der Waals surface area contributed by atoms with Gasteiger partial charge in [0.05, 0.1) is 28.4 Å². The number of amides is 2. The van der Waals surface area contributed by atoms with E-state index in [1.54, 1.807) is 24.3 Å². The molecule has 0 radical (unpaired) electrons. The number of aromatic nitrogens is 3. The van der Waals surface area contributed by atoms with Gasteiger partial charge in [0.1, 0.15) is 5.82 Å². The van der Waals surface area contributed by atoms with Crippen LogP contribution in [0.15, 0.2) is 85.1 Å². The third kappa shape index (κ3) is 9.00. The Morgan fingerprint density at radius 2 is 1.64 bits per heavy atom. The number of hydrogen-bond acceptors (Lipinski definition) is 8. The number of carbonyl (C=O) groups excluding carboxylic acids is 2. The molecule has 2 saturated heterocycles. The van der Waals surface area contributed by atoms with E-state index >= 15 is 4.39 Å². The lowest BCUT2D eigenvalue weighted by Gasteiger charge is -2.31. The van der Waals surface area contributed by atoms with Crippen molar-refractivity contribution >= 4 is 39.3 Å². The van der Waals surface area contributed by atoms with Gasteiger partial charge >= 0.3 is 0 Å². The summed E-state index contributed by atoms with van der Waals surface area (Å²) in [5.74, 6) is -1.10. The Balaban J connectivity index is 1.03. The normalized spacial score (nSPS) is 16.4. The van der Waals surface area contributed by atoms with E-state index in [9.17, 15) is 9.59 Å². The van der Waals surface area contributed by atoms with E-state index in [-0.39, 0.29) is 42.0 Å². The van der Waals surface area contributed by atoms with Crippen molar-refractivity contribution in [1.82, 2.24) is 35.6 Å². The van der Waals surface area contributed by atoms with Crippen LogP contribution >= 0.6 is 0 Å². The van der Waals surface area contributed by atoms with Crippen LogP contribution in [0.5, 0.6) is 0 Å². The fourth-order valence-corrected chi connectivity index (χ4v) is 8.41. The van der Waals surface area contributed by atoms with Crippen molar-refractivity contribution < 1.29 is 18.7 Å². The van der Waals surface area contributed by atoms with Crippen LogP contribution in [0.2, 0.25) is 0 Å². The molecular weight excluding hydrogens is 744 g/mol. The van der Waals surface area contributed by atoms with Gasteiger partial charge in [-0.25, -0.2) is 14.1 Å². The Labute approximate surface area is 344 Å². The summed E-state index contributed by atoms with van der Waals surface area (Å²) in [6.07, 6.45) is 4.25. The van der Waals surface area contributed by atoms with E-state index in [4.69, 9.17) is 9.72 Å². The maximum Gasteiger partial charge on any atom is 0.252 e. The molecule has 0 aliphatic carbocycles. The van der Waals surface area contributed by atoms with E-state index in [2.05, 4.69) is 51.2 Å². The van der Waals surface area contributed by atoms with Gasteiger partial charge in [-0.3, -0.25) is 14.5 Å². The van der Waals surface area contributed by atoms with Gasteiger partial charge in [-0.15, -0.1) is 0 Å². The van der Waals surface area contributed by atoms with Crippen LogP contribution in [0.1, 0.15) is 76.7 Å². The van der Waals surface area contributed by atoms with Gasteiger partial charge in [-0.1, -0.05) is 55.5 Å². The second kappa shape index (κ2) is 18.1. The topological polar surface area (TPSA) is 125 Å². The summed E-state index contributed by atoms with van der Waals surface area (Å²) < 4.78 is 22.9. The smallest absolute Gasteiger partial charge is 0.252 e. The number of halogens is 1. The lowest BCUT2D eigenvalue weighted by molar-refractivity contribution is 0.0904. The molecule has 0 saturated carbocycles. The summed E-state index contributed by atoms with van der Waals surface area (Å²) >= 11 is 0. The summed E-state index contributed by atoms with van der Waals surface area (Å²) in [6, 6.07) is 24.8. The Bertz CT molecular complexity index is 2480. The van der Waals surface area contributed by atoms with Crippen LogP contribution in [0, 0.1) is 5.82 Å². The monoisotopic (exact) mass is 796 g/mol. The molecular formula is C47H53FN8O3. The molecule has 0 unspecified atom stereocenters. The van der Waals surface area contributed by atoms with Crippen LogP contribution in [-0.4, -0.2) is 76.4 Å². The number of rotatable bonds is 13. The molecule has 2 aromatic heterocycles. The quantitative estimate of drug-likeness (QED) is 0.0967. The minimum Gasteiger partial charge on any atom is -0.381 e. The second-order valence-corrected chi connectivity index (χ2v) is 15.7. The van der Waals surface area contributed by atoms with Crippen molar-refractivity contribution in [1.29, 1.82) is 0 Å². The van der Waals surface area contributed by atoms with Gasteiger partial charge in [-0.05, 0) is 90.9 Å². The van der Waals surface area contributed by atoms with Crippen molar-refractivity contribution in [3.05, 3.63) is 124 Å². The van der Waals surface area contributed by atoms with Crippen LogP contribution in [0.4, 0.5) is 10.1 Å². The maximum absolute atomic E-state index is 15.4. The fourth-order valence-electron chi connectivity index (χ4n) is 8.41. The zero-order valence-electron chi connectivity index (χ0n) is 34.1. The molecule has 4 heterocycles. The van der Waals surface area contributed by atoms with E-state index in [0.717, 1.165) is 94.5 Å². The van der Waals surface area contributed by atoms with Gasteiger partial charge in [0.25, 0.3) is 11.8 Å². The number of ether oxygens (including phenoxy) is 1. The van der Waals surface area contributed by atoms with E-state index in [1.165, 1.54) is 6.07 Å². The lowest BCUT2D eigenvalue weighted by Crippen LogP contribution is -2.48. The zero-order valence-corrected chi connectivity index (χ0v) is 34.1. The summed E-state index contributed by atoms with van der Waals surface area (Å²) in [6.45, 7) is 12.4. The number of carbonyl (C=O) groups is 2. The standard InChI is InChI=1S/C47H53FN8O3/c1-4-43-40(44(53-36-15-19-59-20-16-36)41-27-52-56(5-2)45(41)54-43)26-51-47(58)39-24-34-11-7-6-10-33(34)23-38(39)46(57)50-25-31-13-14-42(48)37(22-31)35-12-8-9-32(21-35)29-55-18-17-49-30(3)28-55/h6-14,21-24,27,30,36,49H,4-5,15-20,25-26,28-29H2,1-3H3,(H,50,57)(H,51,58)(H,53,54)/t30-/m0/s1. The molecule has 59 heavy (non-hydrogen) atoms. The summed E-state index contributed by atoms with van der Waals surface area (Å²) in [5.41, 5.74) is 7.17. The van der Waals surface area contributed by atoms with Crippen molar-refractivity contribution in [3.63, 3.8) is 0 Å². The number of nitrogens with one attached hydrogen (secondary N) is 4. The Morgan fingerprint density at radius 1 is 0.898 bits per heavy atom.